The van der Waals surface area contributed by atoms with Crippen LogP contribution >= 0.6 is 23.2 Å². The van der Waals surface area contributed by atoms with Gasteiger partial charge >= 0.3 is 0 Å². The number of alkyl halides is 1. The van der Waals surface area contributed by atoms with Crippen LogP contribution < -0.4 is 0 Å². The van der Waals surface area contributed by atoms with Crippen molar-refractivity contribution in [3.63, 3.8) is 0 Å². The highest BCUT2D eigenvalue weighted by Gasteiger charge is 2.13. The zero-order chi connectivity index (χ0) is 12.8. The molecule has 0 heterocycles. The van der Waals surface area contributed by atoms with E-state index < -0.39 is 0 Å². The molecular weight excluding hydrogens is 267 g/mol. The molecule has 0 spiro atoms. The van der Waals surface area contributed by atoms with E-state index in [1.807, 2.05) is 54.6 Å². The first kappa shape index (κ1) is 13.4. The van der Waals surface area contributed by atoms with Crippen molar-refractivity contribution in [3.8, 4) is 0 Å². The third-order valence-corrected chi connectivity index (χ3v) is 3.04. The van der Waals surface area contributed by atoms with Gasteiger partial charge in [0.15, 0.2) is 0 Å². The van der Waals surface area contributed by atoms with E-state index in [-0.39, 0.29) is 6.10 Å². The molecular formula is C15H14Cl2O. The molecule has 0 fully saturated rings. The Morgan fingerprint density at radius 1 is 0.889 bits per heavy atom. The lowest BCUT2D eigenvalue weighted by atomic mass is 10.0. The van der Waals surface area contributed by atoms with Crippen molar-refractivity contribution in [2.45, 2.75) is 6.10 Å². The molecule has 18 heavy (non-hydrogen) atoms. The zero-order valence-corrected chi connectivity index (χ0v) is 11.4. The van der Waals surface area contributed by atoms with Gasteiger partial charge in [-0.15, -0.1) is 11.6 Å². The van der Waals surface area contributed by atoms with Gasteiger partial charge in [0.05, 0.1) is 6.61 Å². The molecule has 3 heteroatoms. The molecule has 2 aromatic carbocycles. The quantitative estimate of drug-likeness (QED) is 0.723. The van der Waals surface area contributed by atoms with E-state index in [1.54, 1.807) is 0 Å². The first-order valence-corrected chi connectivity index (χ1v) is 6.70. The standard InChI is InChI=1S/C15H14Cl2O/c16-10-11-18-15(12-4-2-1-3-5-12)13-6-8-14(17)9-7-13/h1-9,15H,10-11H2/t15-/m0/s1. The second kappa shape index (κ2) is 6.79. The molecule has 0 aliphatic rings. The minimum atomic E-state index is -0.0952. The summed E-state index contributed by atoms with van der Waals surface area (Å²) in [6.45, 7) is 0.518. The van der Waals surface area contributed by atoms with Crippen LogP contribution in [0.3, 0.4) is 0 Å². The fourth-order valence-electron chi connectivity index (χ4n) is 1.81. The monoisotopic (exact) mass is 280 g/mol. The van der Waals surface area contributed by atoms with Crippen molar-refractivity contribution < 1.29 is 4.74 Å². The summed E-state index contributed by atoms with van der Waals surface area (Å²) in [7, 11) is 0. The Kier molecular flexibility index (Phi) is 5.06. The minimum Gasteiger partial charge on any atom is -0.368 e. The van der Waals surface area contributed by atoms with E-state index in [2.05, 4.69) is 0 Å². The van der Waals surface area contributed by atoms with Crippen molar-refractivity contribution >= 4 is 23.2 Å². The Morgan fingerprint density at radius 2 is 1.50 bits per heavy atom. The van der Waals surface area contributed by atoms with Crippen LogP contribution in [0.15, 0.2) is 54.6 Å². The lowest BCUT2D eigenvalue weighted by Gasteiger charge is -2.18. The number of ether oxygens (including phenoxy) is 1. The van der Waals surface area contributed by atoms with E-state index in [0.29, 0.717) is 12.5 Å². The predicted octanol–water partition coefficient (Wildman–Crippen LogP) is 4.68. The van der Waals surface area contributed by atoms with Gasteiger partial charge in [0.2, 0.25) is 0 Å². The molecule has 0 aliphatic heterocycles. The maximum absolute atomic E-state index is 5.90. The summed E-state index contributed by atoms with van der Waals surface area (Å²) in [5.74, 6) is 0.483. The summed E-state index contributed by atoms with van der Waals surface area (Å²) in [6, 6.07) is 17.8. The highest BCUT2D eigenvalue weighted by Crippen LogP contribution is 2.26. The van der Waals surface area contributed by atoms with E-state index in [0.717, 1.165) is 16.1 Å². The summed E-state index contributed by atoms with van der Waals surface area (Å²) < 4.78 is 5.83. The Hall–Kier alpha value is -1.02. The smallest absolute Gasteiger partial charge is 0.108 e. The third kappa shape index (κ3) is 3.49. The van der Waals surface area contributed by atoms with E-state index in [1.165, 1.54) is 0 Å². The normalized spacial score (nSPS) is 12.3. The summed E-state index contributed by atoms with van der Waals surface area (Å²) in [6.07, 6.45) is -0.0952. The van der Waals surface area contributed by atoms with Crippen LogP contribution in [0, 0.1) is 0 Å². The minimum absolute atomic E-state index is 0.0952. The van der Waals surface area contributed by atoms with Crippen LogP contribution in [0.4, 0.5) is 0 Å². The van der Waals surface area contributed by atoms with Crippen molar-refractivity contribution in [3.05, 3.63) is 70.7 Å². The molecule has 0 saturated carbocycles. The molecule has 0 radical (unpaired) electrons. The molecule has 0 amide bonds. The number of hydrogen-bond acceptors (Lipinski definition) is 1. The SMILES string of the molecule is ClCCO[C@@H](c1ccccc1)c1ccc(Cl)cc1. The van der Waals surface area contributed by atoms with Gasteiger partial charge < -0.3 is 4.74 Å². The van der Waals surface area contributed by atoms with Gasteiger partial charge in [-0.1, -0.05) is 54.1 Å². The predicted molar refractivity (Wildman–Crippen MR) is 76.4 cm³/mol. The Labute approximate surface area is 117 Å². The van der Waals surface area contributed by atoms with E-state index in [9.17, 15) is 0 Å². The van der Waals surface area contributed by atoms with Crippen molar-refractivity contribution in [1.29, 1.82) is 0 Å². The van der Waals surface area contributed by atoms with Crippen LogP contribution in [0.1, 0.15) is 17.2 Å². The van der Waals surface area contributed by atoms with Gasteiger partial charge in [0, 0.05) is 10.9 Å². The summed E-state index contributed by atoms with van der Waals surface area (Å²) in [5.41, 5.74) is 2.20. The average molecular weight is 281 g/mol. The molecule has 0 aromatic heterocycles. The first-order chi connectivity index (χ1) is 8.81. The fourth-order valence-corrected chi connectivity index (χ4v) is 2.03. The second-order valence-corrected chi connectivity index (χ2v) is 4.72. The van der Waals surface area contributed by atoms with Gasteiger partial charge in [0.1, 0.15) is 6.10 Å². The van der Waals surface area contributed by atoms with Gasteiger partial charge in [-0.05, 0) is 23.3 Å². The molecule has 1 nitrogen and oxygen atoms in total. The molecule has 2 aromatic rings. The van der Waals surface area contributed by atoms with Crippen LogP contribution in [-0.2, 0) is 4.74 Å². The molecule has 0 saturated heterocycles. The van der Waals surface area contributed by atoms with Gasteiger partial charge in [0.25, 0.3) is 0 Å². The lowest BCUT2D eigenvalue weighted by molar-refractivity contribution is 0.0929. The van der Waals surface area contributed by atoms with E-state index >= 15 is 0 Å². The number of halogens is 2. The Balaban J connectivity index is 2.27. The maximum Gasteiger partial charge on any atom is 0.108 e. The topological polar surface area (TPSA) is 9.23 Å². The maximum atomic E-state index is 5.90. The first-order valence-electron chi connectivity index (χ1n) is 5.79. The van der Waals surface area contributed by atoms with Gasteiger partial charge in [-0.2, -0.15) is 0 Å². The fraction of sp³-hybridized carbons (Fsp3) is 0.200. The summed E-state index contributed by atoms with van der Waals surface area (Å²) in [5, 5.41) is 0.725. The van der Waals surface area contributed by atoms with Crippen LogP contribution in [-0.4, -0.2) is 12.5 Å². The number of benzene rings is 2. The highest BCUT2D eigenvalue weighted by molar-refractivity contribution is 6.30. The zero-order valence-electron chi connectivity index (χ0n) is 9.85. The average Bonchev–Trinajstić information content (AvgIpc) is 2.42. The van der Waals surface area contributed by atoms with Gasteiger partial charge in [-0.25, -0.2) is 0 Å². The summed E-state index contributed by atoms with van der Waals surface area (Å²) >= 11 is 11.6. The molecule has 0 unspecified atom stereocenters. The number of hydrogen-bond donors (Lipinski definition) is 0. The second-order valence-electron chi connectivity index (χ2n) is 3.90. The summed E-state index contributed by atoms with van der Waals surface area (Å²) in [4.78, 5) is 0. The lowest BCUT2D eigenvalue weighted by Crippen LogP contribution is -2.08. The van der Waals surface area contributed by atoms with Crippen LogP contribution in [0.2, 0.25) is 5.02 Å². The molecule has 2 rings (SSSR count). The van der Waals surface area contributed by atoms with Crippen LogP contribution in [0.25, 0.3) is 0 Å². The third-order valence-electron chi connectivity index (χ3n) is 2.64. The van der Waals surface area contributed by atoms with Crippen molar-refractivity contribution in [1.82, 2.24) is 0 Å². The molecule has 1 atom stereocenters. The van der Waals surface area contributed by atoms with Crippen LogP contribution in [0.5, 0.6) is 0 Å². The van der Waals surface area contributed by atoms with E-state index in [4.69, 9.17) is 27.9 Å². The van der Waals surface area contributed by atoms with Crippen molar-refractivity contribution in [2.24, 2.45) is 0 Å². The Bertz CT molecular complexity index is 468. The Morgan fingerprint density at radius 3 is 2.11 bits per heavy atom. The largest absolute Gasteiger partial charge is 0.368 e. The molecule has 0 bridgehead atoms. The number of rotatable bonds is 5. The molecule has 94 valence electrons. The van der Waals surface area contributed by atoms with Crippen molar-refractivity contribution in [2.75, 3.05) is 12.5 Å². The van der Waals surface area contributed by atoms with Gasteiger partial charge in [-0.3, -0.25) is 0 Å². The highest BCUT2D eigenvalue weighted by atomic mass is 35.5. The molecule has 0 aliphatic carbocycles. The molecule has 0 N–H and O–H groups in total.